The fraction of sp³-hybridized carbons (Fsp3) is 0.467. The summed E-state index contributed by atoms with van der Waals surface area (Å²) >= 11 is 0. The summed E-state index contributed by atoms with van der Waals surface area (Å²) in [7, 11) is 0. The maximum Gasteiger partial charge on any atom is 0.262 e. The Bertz CT molecular complexity index is 468. The van der Waals surface area contributed by atoms with Gasteiger partial charge < -0.3 is 0 Å². The number of hydrogen-bond donors (Lipinski definition) is 0. The van der Waals surface area contributed by atoms with Gasteiger partial charge in [-0.2, -0.15) is 0 Å². The molecule has 1 aromatic carbocycles. The summed E-state index contributed by atoms with van der Waals surface area (Å²) in [5.41, 5.74) is 0.611. The summed E-state index contributed by atoms with van der Waals surface area (Å²) in [5.74, 6) is 0.104. The maximum absolute atomic E-state index is 12.3. The number of benzene rings is 1. The third kappa shape index (κ3) is 1.94. The van der Waals surface area contributed by atoms with Crippen molar-refractivity contribution in [1.82, 2.24) is 4.90 Å². The minimum absolute atomic E-state index is 0.166. The van der Waals surface area contributed by atoms with E-state index in [0.717, 1.165) is 6.42 Å². The van der Waals surface area contributed by atoms with Crippen molar-refractivity contribution in [3.8, 4) is 0 Å². The number of nitrogens with zero attached hydrogens (tertiary/aromatic N) is 1. The number of amides is 2. The molecule has 3 nitrogen and oxygen atoms in total. The SMILES string of the molecule is CC(C)CC(C)(C)N1C(=O)c2ccccc2C1=O. The average molecular weight is 245 g/mol. The molecule has 0 fully saturated rings. The Morgan fingerprint density at radius 1 is 1.06 bits per heavy atom. The van der Waals surface area contributed by atoms with Gasteiger partial charge in [0, 0.05) is 5.54 Å². The predicted molar refractivity (Wildman–Crippen MR) is 70.5 cm³/mol. The second kappa shape index (κ2) is 4.23. The molecule has 0 aliphatic carbocycles. The number of hydrogen-bond acceptors (Lipinski definition) is 2. The first-order valence-corrected chi connectivity index (χ1v) is 6.32. The van der Waals surface area contributed by atoms with Crippen molar-refractivity contribution in [2.75, 3.05) is 0 Å². The molecule has 0 spiro atoms. The van der Waals surface area contributed by atoms with Crippen LogP contribution in [0.25, 0.3) is 0 Å². The molecular weight excluding hydrogens is 226 g/mol. The van der Waals surface area contributed by atoms with Crippen LogP contribution in [-0.4, -0.2) is 22.3 Å². The molecule has 0 aromatic heterocycles. The lowest BCUT2D eigenvalue weighted by molar-refractivity contribution is 0.0447. The number of carbonyl (C=O) groups is 2. The average Bonchev–Trinajstić information content (AvgIpc) is 2.51. The highest BCUT2D eigenvalue weighted by Crippen LogP contribution is 2.32. The molecule has 1 aliphatic rings. The first-order chi connectivity index (χ1) is 8.34. The molecule has 1 aliphatic heterocycles. The molecule has 1 heterocycles. The van der Waals surface area contributed by atoms with Crippen molar-refractivity contribution in [3.63, 3.8) is 0 Å². The van der Waals surface area contributed by atoms with Crippen molar-refractivity contribution in [2.45, 2.75) is 39.7 Å². The van der Waals surface area contributed by atoms with Gasteiger partial charge in [-0.25, -0.2) is 0 Å². The van der Waals surface area contributed by atoms with Crippen LogP contribution < -0.4 is 0 Å². The summed E-state index contributed by atoms with van der Waals surface area (Å²) in [6.07, 6.45) is 0.804. The summed E-state index contributed by atoms with van der Waals surface area (Å²) in [6.45, 7) is 8.10. The molecule has 0 saturated carbocycles. The van der Waals surface area contributed by atoms with Crippen LogP contribution in [0.5, 0.6) is 0 Å². The van der Waals surface area contributed by atoms with Crippen LogP contribution in [0.4, 0.5) is 0 Å². The van der Waals surface area contributed by atoms with E-state index in [-0.39, 0.29) is 11.8 Å². The number of imide groups is 1. The summed E-state index contributed by atoms with van der Waals surface area (Å²) in [4.78, 5) is 26.1. The van der Waals surface area contributed by atoms with Gasteiger partial charge in [0.05, 0.1) is 11.1 Å². The van der Waals surface area contributed by atoms with Crippen LogP contribution in [-0.2, 0) is 0 Å². The zero-order valence-electron chi connectivity index (χ0n) is 11.4. The normalized spacial score (nSPS) is 15.5. The third-order valence-electron chi connectivity index (χ3n) is 3.31. The lowest BCUT2D eigenvalue weighted by Crippen LogP contribution is -2.48. The standard InChI is InChI=1S/C15H19NO2/c1-10(2)9-15(3,4)16-13(17)11-7-5-6-8-12(11)14(16)18/h5-8,10H,9H2,1-4H3. The molecule has 0 saturated heterocycles. The van der Waals surface area contributed by atoms with E-state index in [9.17, 15) is 9.59 Å². The smallest absolute Gasteiger partial charge is 0.262 e. The van der Waals surface area contributed by atoms with Gasteiger partial charge in [0.15, 0.2) is 0 Å². The van der Waals surface area contributed by atoms with Gasteiger partial charge in [0.2, 0.25) is 0 Å². The van der Waals surface area contributed by atoms with Crippen LogP contribution in [0.1, 0.15) is 54.8 Å². The highest BCUT2D eigenvalue weighted by molar-refractivity contribution is 6.21. The number of rotatable bonds is 3. The Morgan fingerprint density at radius 3 is 1.89 bits per heavy atom. The lowest BCUT2D eigenvalue weighted by Gasteiger charge is -2.35. The Labute approximate surface area is 108 Å². The van der Waals surface area contributed by atoms with E-state index in [1.807, 2.05) is 13.8 Å². The van der Waals surface area contributed by atoms with Crippen molar-refractivity contribution < 1.29 is 9.59 Å². The lowest BCUT2D eigenvalue weighted by atomic mass is 9.91. The van der Waals surface area contributed by atoms with E-state index in [4.69, 9.17) is 0 Å². The number of fused-ring (bicyclic) bond motifs is 1. The van der Waals surface area contributed by atoms with Gasteiger partial charge in [0.1, 0.15) is 0 Å². The second-order valence-corrected chi connectivity index (χ2v) is 5.90. The second-order valence-electron chi connectivity index (χ2n) is 5.90. The Hall–Kier alpha value is -1.64. The largest absolute Gasteiger partial charge is 0.269 e. The first-order valence-electron chi connectivity index (χ1n) is 6.32. The van der Waals surface area contributed by atoms with E-state index in [2.05, 4.69) is 13.8 Å². The van der Waals surface area contributed by atoms with Crippen LogP contribution in [0.3, 0.4) is 0 Å². The van der Waals surface area contributed by atoms with E-state index in [0.29, 0.717) is 17.0 Å². The van der Waals surface area contributed by atoms with E-state index in [1.165, 1.54) is 4.90 Å². The minimum atomic E-state index is -0.443. The zero-order valence-corrected chi connectivity index (χ0v) is 11.4. The van der Waals surface area contributed by atoms with Crippen LogP contribution >= 0.6 is 0 Å². The number of carbonyl (C=O) groups excluding carboxylic acids is 2. The van der Waals surface area contributed by atoms with E-state index in [1.54, 1.807) is 24.3 Å². The van der Waals surface area contributed by atoms with E-state index >= 15 is 0 Å². The molecular formula is C15H19NO2. The highest BCUT2D eigenvalue weighted by Gasteiger charge is 2.43. The van der Waals surface area contributed by atoms with Gasteiger partial charge in [0.25, 0.3) is 11.8 Å². The molecule has 0 unspecified atom stereocenters. The summed E-state index contributed by atoms with van der Waals surface area (Å²) in [6, 6.07) is 7.04. The monoisotopic (exact) mass is 245 g/mol. The van der Waals surface area contributed by atoms with Gasteiger partial charge in [-0.05, 0) is 38.3 Å². The quantitative estimate of drug-likeness (QED) is 0.767. The predicted octanol–water partition coefficient (Wildman–Crippen LogP) is 3.11. The molecule has 1 aromatic rings. The molecule has 3 heteroatoms. The highest BCUT2D eigenvalue weighted by atomic mass is 16.2. The first kappa shape index (κ1) is 12.8. The van der Waals surface area contributed by atoms with Crippen LogP contribution in [0, 0.1) is 5.92 Å². The third-order valence-corrected chi connectivity index (χ3v) is 3.31. The maximum atomic E-state index is 12.3. The molecule has 96 valence electrons. The summed E-state index contributed by atoms with van der Waals surface area (Å²) < 4.78 is 0. The van der Waals surface area contributed by atoms with Crippen molar-refractivity contribution in [1.29, 1.82) is 0 Å². The van der Waals surface area contributed by atoms with Crippen molar-refractivity contribution >= 4 is 11.8 Å². The van der Waals surface area contributed by atoms with Gasteiger partial charge in [-0.15, -0.1) is 0 Å². The topological polar surface area (TPSA) is 37.4 Å². The summed E-state index contributed by atoms with van der Waals surface area (Å²) in [5, 5.41) is 0. The molecule has 0 bridgehead atoms. The van der Waals surface area contributed by atoms with Gasteiger partial charge >= 0.3 is 0 Å². The van der Waals surface area contributed by atoms with Gasteiger partial charge in [-0.1, -0.05) is 26.0 Å². The Balaban J connectivity index is 2.39. The molecule has 0 N–H and O–H groups in total. The molecule has 2 amide bonds. The molecule has 2 rings (SSSR count). The zero-order chi connectivity index (χ0) is 13.5. The minimum Gasteiger partial charge on any atom is -0.269 e. The molecule has 0 radical (unpaired) electrons. The fourth-order valence-electron chi connectivity index (χ4n) is 2.83. The van der Waals surface area contributed by atoms with Crippen molar-refractivity contribution in [2.24, 2.45) is 5.92 Å². The van der Waals surface area contributed by atoms with Crippen LogP contribution in [0.2, 0.25) is 0 Å². The van der Waals surface area contributed by atoms with Gasteiger partial charge in [-0.3, -0.25) is 14.5 Å². The Morgan fingerprint density at radius 2 is 1.50 bits per heavy atom. The Kier molecular flexibility index (Phi) is 3.01. The molecule has 18 heavy (non-hydrogen) atoms. The van der Waals surface area contributed by atoms with Crippen LogP contribution in [0.15, 0.2) is 24.3 Å². The van der Waals surface area contributed by atoms with E-state index < -0.39 is 5.54 Å². The fourth-order valence-corrected chi connectivity index (χ4v) is 2.83. The molecule has 0 atom stereocenters. The van der Waals surface area contributed by atoms with Crippen molar-refractivity contribution in [3.05, 3.63) is 35.4 Å².